The van der Waals surface area contributed by atoms with Gasteiger partial charge in [0.15, 0.2) is 4.69 Å². The Balaban J connectivity index is 0.00000112. The monoisotopic (exact) mass is 568 g/mol. The van der Waals surface area contributed by atoms with Gasteiger partial charge in [0.05, 0.1) is 0 Å². The molecule has 0 bridgehead atoms. The molecule has 2 amide bonds. The third-order valence-electron chi connectivity index (χ3n) is 5.00. The number of ether oxygens (including phenoxy) is 1. The van der Waals surface area contributed by atoms with Gasteiger partial charge in [0.25, 0.3) is 0 Å². The molecule has 0 aliphatic rings. The number of carboxylic acid groups (broad SMARTS) is 1. The van der Waals surface area contributed by atoms with E-state index in [1.807, 2.05) is 66.7 Å². The molecule has 2 atom stereocenters. The molecule has 0 heterocycles. The molecule has 9 heteroatoms. The molecule has 8 nitrogen and oxygen atoms in total. The molecular weight excluding hydrogens is 540 g/mol. The lowest BCUT2D eigenvalue weighted by Crippen LogP contribution is -2.53. The first-order chi connectivity index (χ1) is 17.7. The van der Waals surface area contributed by atoms with E-state index in [0.29, 0.717) is 0 Å². The first-order valence-electron chi connectivity index (χ1n) is 11.5. The topological polar surface area (TPSA) is 122 Å². The highest BCUT2D eigenvalue weighted by Crippen LogP contribution is 2.08. The second-order valence-electron chi connectivity index (χ2n) is 8.01. The average Bonchev–Trinajstić information content (AvgIpc) is 2.88. The Morgan fingerprint density at radius 1 is 0.730 bits per heavy atom. The van der Waals surface area contributed by atoms with Crippen LogP contribution in [0.5, 0.6) is 0 Å². The van der Waals surface area contributed by atoms with Crippen molar-refractivity contribution in [1.82, 2.24) is 10.6 Å². The van der Waals surface area contributed by atoms with Crippen LogP contribution in [0.4, 0.5) is 4.79 Å². The molecular formula is C28H29BrN2O6. The predicted molar refractivity (Wildman–Crippen MR) is 143 cm³/mol. The summed E-state index contributed by atoms with van der Waals surface area (Å²) in [5, 5.41) is 14.8. The van der Waals surface area contributed by atoms with Crippen molar-refractivity contribution in [2.24, 2.45) is 0 Å². The molecule has 3 N–H and O–H groups in total. The van der Waals surface area contributed by atoms with Crippen molar-refractivity contribution in [2.75, 3.05) is 0 Å². The molecule has 0 saturated heterocycles. The van der Waals surface area contributed by atoms with Crippen LogP contribution < -0.4 is 10.6 Å². The quantitative estimate of drug-likeness (QED) is 0.314. The average molecular weight is 569 g/mol. The number of amides is 2. The van der Waals surface area contributed by atoms with Gasteiger partial charge in [0, 0.05) is 19.8 Å². The van der Waals surface area contributed by atoms with Crippen LogP contribution in [-0.2, 0) is 38.6 Å². The molecule has 37 heavy (non-hydrogen) atoms. The van der Waals surface area contributed by atoms with Crippen molar-refractivity contribution in [3.8, 4) is 0 Å². The van der Waals surface area contributed by atoms with Crippen molar-refractivity contribution < 1.29 is 29.0 Å². The Labute approximate surface area is 224 Å². The minimum absolute atomic E-state index is 0.0208. The molecule has 0 aliphatic carbocycles. The van der Waals surface area contributed by atoms with Crippen LogP contribution in [0.2, 0.25) is 0 Å². The zero-order valence-corrected chi connectivity index (χ0v) is 21.9. The summed E-state index contributed by atoms with van der Waals surface area (Å²) in [5.74, 6) is -1.75. The molecule has 194 valence electrons. The van der Waals surface area contributed by atoms with Crippen LogP contribution in [0.3, 0.4) is 0 Å². The van der Waals surface area contributed by atoms with Crippen molar-refractivity contribution >= 4 is 38.6 Å². The normalized spacial score (nSPS) is 11.6. The Hall–Kier alpha value is -3.98. The van der Waals surface area contributed by atoms with E-state index in [9.17, 15) is 24.3 Å². The molecule has 0 fully saturated rings. The fraction of sp³-hybridized carbons (Fsp3) is 0.214. The number of alkyl carbamates (subject to hydrolysis) is 1. The highest BCUT2D eigenvalue weighted by atomic mass is 79.9. The Kier molecular flexibility index (Phi) is 12.6. The van der Waals surface area contributed by atoms with Gasteiger partial charge in [-0.15, -0.1) is 0 Å². The number of nitrogens with one attached hydrogen (secondary N) is 2. The van der Waals surface area contributed by atoms with Gasteiger partial charge in [-0.1, -0.05) is 91.0 Å². The van der Waals surface area contributed by atoms with Crippen molar-refractivity contribution in [3.63, 3.8) is 0 Å². The fourth-order valence-electron chi connectivity index (χ4n) is 3.29. The van der Waals surface area contributed by atoms with Crippen LogP contribution in [-0.4, -0.2) is 39.9 Å². The van der Waals surface area contributed by atoms with Gasteiger partial charge in [-0.2, -0.15) is 0 Å². The van der Waals surface area contributed by atoms with E-state index in [0.717, 1.165) is 16.7 Å². The Bertz CT molecular complexity index is 1140. The molecule has 0 unspecified atom stereocenters. The van der Waals surface area contributed by atoms with E-state index < -0.39 is 30.1 Å². The minimum atomic E-state index is -1.16. The summed E-state index contributed by atoms with van der Waals surface area (Å²) < 4.78 is 5.23. The molecule has 3 rings (SSSR count). The molecule has 0 radical (unpaired) electrons. The third kappa shape index (κ3) is 12.0. The smallest absolute Gasteiger partial charge is 0.408 e. The maximum absolute atomic E-state index is 13.0. The van der Waals surface area contributed by atoms with Crippen LogP contribution in [0.15, 0.2) is 91.0 Å². The molecule has 0 spiro atoms. The lowest BCUT2D eigenvalue weighted by molar-refractivity contribution is -0.142. The fourth-order valence-corrected chi connectivity index (χ4v) is 3.29. The number of hydrogen-bond acceptors (Lipinski definition) is 5. The zero-order chi connectivity index (χ0) is 27.0. The molecule has 0 aromatic heterocycles. The first-order valence-corrected chi connectivity index (χ1v) is 12.3. The molecule has 3 aromatic carbocycles. The Morgan fingerprint density at radius 3 is 1.57 bits per heavy atom. The van der Waals surface area contributed by atoms with Crippen LogP contribution in [0, 0.1) is 0 Å². The number of carbonyl (C=O) groups is 4. The lowest BCUT2D eigenvalue weighted by atomic mass is 10.0. The lowest BCUT2D eigenvalue weighted by Gasteiger charge is -2.21. The van der Waals surface area contributed by atoms with E-state index >= 15 is 0 Å². The van der Waals surface area contributed by atoms with Gasteiger partial charge in [-0.05, 0) is 32.6 Å². The van der Waals surface area contributed by atoms with Crippen LogP contribution >= 0.6 is 15.9 Å². The van der Waals surface area contributed by atoms with Gasteiger partial charge >= 0.3 is 12.1 Å². The van der Waals surface area contributed by atoms with E-state index in [1.165, 1.54) is 6.92 Å². The highest BCUT2D eigenvalue weighted by Gasteiger charge is 2.27. The third-order valence-corrected chi connectivity index (χ3v) is 5.00. The molecule has 0 aliphatic heterocycles. The first kappa shape index (κ1) is 29.3. The summed E-state index contributed by atoms with van der Waals surface area (Å²) in [6, 6.07) is 25.2. The molecule has 0 saturated carbocycles. The predicted octanol–water partition coefficient (Wildman–Crippen LogP) is 4.26. The van der Waals surface area contributed by atoms with Gasteiger partial charge in [-0.3, -0.25) is 9.59 Å². The number of rotatable bonds is 10. The summed E-state index contributed by atoms with van der Waals surface area (Å²) in [4.78, 5) is 46.6. The van der Waals surface area contributed by atoms with Crippen LogP contribution in [0.25, 0.3) is 0 Å². The van der Waals surface area contributed by atoms with E-state index in [1.54, 1.807) is 24.3 Å². The number of carboxylic acids is 1. The minimum Gasteiger partial charge on any atom is -0.480 e. The standard InChI is InChI=1S/C26H26N2O5.C2H3BrO/c29-24(27-23(25(30)31)17-20-12-6-2-7-13-20)22(16-19-10-4-1-5-11-19)28-26(32)33-18-21-14-8-3-9-15-21;1-2(3)4/h1-15,22-23H,16-18H2,(H,27,29)(H,28,32)(H,30,31);1H3/t22-,23-;/m0./s1. The highest BCUT2D eigenvalue weighted by molar-refractivity contribution is 9.18. The zero-order valence-electron chi connectivity index (χ0n) is 20.3. The van der Waals surface area contributed by atoms with Gasteiger partial charge in [-0.25, -0.2) is 9.59 Å². The largest absolute Gasteiger partial charge is 0.480 e. The summed E-state index contributed by atoms with van der Waals surface area (Å²) in [5.41, 5.74) is 2.40. The van der Waals surface area contributed by atoms with Crippen molar-refractivity contribution in [2.45, 2.75) is 38.5 Å². The maximum Gasteiger partial charge on any atom is 0.408 e. The number of carbonyl (C=O) groups excluding carboxylic acids is 3. The van der Waals surface area contributed by atoms with Crippen molar-refractivity contribution in [1.29, 1.82) is 0 Å². The number of benzene rings is 3. The van der Waals surface area contributed by atoms with E-state index in [2.05, 4.69) is 26.6 Å². The number of hydrogen-bond donors (Lipinski definition) is 3. The SMILES string of the molecule is CC(=O)Br.O=C(N[C@@H](Cc1ccccc1)C(=O)N[C@@H](Cc1ccccc1)C(=O)O)OCc1ccccc1. The van der Waals surface area contributed by atoms with Gasteiger partial charge in [0.2, 0.25) is 5.91 Å². The maximum atomic E-state index is 13.0. The summed E-state index contributed by atoms with van der Waals surface area (Å²) in [7, 11) is 0. The summed E-state index contributed by atoms with van der Waals surface area (Å²) >= 11 is 2.63. The van der Waals surface area contributed by atoms with Gasteiger partial charge < -0.3 is 20.5 Å². The van der Waals surface area contributed by atoms with Gasteiger partial charge in [0.1, 0.15) is 18.7 Å². The summed E-state index contributed by atoms with van der Waals surface area (Å²) in [6.45, 7) is 1.50. The van der Waals surface area contributed by atoms with E-state index in [-0.39, 0.29) is 24.1 Å². The van der Waals surface area contributed by atoms with Crippen molar-refractivity contribution in [3.05, 3.63) is 108 Å². The number of aliphatic carboxylic acids is 1. The van der Waals surface area contributed by atoms with Crippen LogP contribution in [0.1, 0.15) is 23.6 Å². The second-order valence-corrected chi connectivity index (χ2v) is 9.12. The summed E-state index contributed by atoms with van der Waals surface area (Å²) in [6.07, 6.45) is -0.451. The van der Waals surface area contributed by atoms with E-state index in [4.69, 9.17) is 4.74 Å². The molecule has 3 aromatic rings. The Morgan fingerprint density at radius 2 is 1.14 bits per heavy atom. The second kappa shape index (κ2) is 15.9. The number of halogens is 1.